The number of amides is 1. The molecule has 1 amide bonds. The number of hydrogen-bond acceptors (Lipinski definition) is 4. The molecule has 1 atom stereocenters. The minimum Gasteiger partial charge on any atom is -0.494 e. The highest BCUT2D eigenvalue weighted by Gasteiger charge is 2.19. The Morgan fingerprint density at radius 2 is 2.12 bits per heavy atom. The lowest BCUT2D eigenvalue weighted by Crippen LogP contribution is -2.28. The molecule has 6 heteroatoms. The summed E-state index contributed by atoms with van der Waals surface area (Å²) in [4.78, 5) is 13.6. The average molecular weight is 328 g/mol. The van der Waals surface area contributed by atoms with Crippen LogP contribution in [0.1, 0.15) is 36.7 Å². The van der Waals surface area contributed by atoms with E-state index in [0.717, 1.165) is 31.0 Å². The summed E-state index contributed by atoms with van der Waals surface area (Å²) in [5.74, 6) is 0.316. The Bertz CT molecular complexity index is 681. The Kier molecular flexibility index (Phi) is 5.15. The molecule has 1 aliphatic rings. The van der Waals surface area contributed by atoms with E-state index in [1.165, 1.54) is 19.4 Å². The van der Waals surface area contributed by atoms with Crippen molar-refractivity contribution in [2.75, 3.05) is 19.7 Å². The Labute approximate surface area is 142 Å². The molecule has 1 aliphatic heterocycles. The van der Waals surface area contributed by atoms with E-state index in [1.54, 1.807) is 16.9 Å². The zero-order chi connectivity index (χ0) is 16.9. The van der Waals surface area contributed by atoms with Gasteiger partial charge in [-0.1, -0.05) is 0 Å². The fourth-order valence-corrected chi connectivity index (χ4v) is 3.08. The Morgan fingerprint density at radius 1 is 1.33 bits per heavy atom. The van der Waals surface area contributed by atoms with Gasteiger partial charge in [0.25, 0.3) is 5.91 Å². The molecule has 1 unspecified atom stereocenters. The lowest BCUT2D eigenvalue weighted by atomic mass is 10.2. The summed E-state index contributed by atoms with van der Waals surface area (Å²) in [7, 11) is 0. The molecule has 1 aromatic heterocycles. The maximum absolute atomic E-state index is 11.1. The molecular formula is C18H24N4O2. The summed E-state index contributed by atoms with van der Waals surface area (Å²) in [5, 5.41) is 4.13. The van der Waals surface area contributed by atoms with Crippen molar-refractivity contribution in [1.29, 1.82) is 0 Å². The van der Waals surface area contributed by atoms with Crippen LogP contribution < -0.4 is 10.5 Å². The number of ether oxygens (including phenoxy) is 1. The molecule has 0 bridgehead atoms. The van der Waals surface area contributed by atoms with Gasteiger partial charge in [0.2, 0.25) is 0 Å². The van der Waals surface area contributed by atoms with E-state index >= 15 is 0 Å². The molecule has 128 valence electrons. The molecule has 1 fully saturated rings. The third kappa shape index (κ3) is 3.94. The standard InChI is InChI=1S/C18H24N4O2/c1-14-4-2-10-21(14)11-3-13-24-16-7-5-15(6-8-16)22-12-9-17(20-22)18(19)23/h5-9,12,14H,2-4,10-11,13H2,1H3,(H2,19,23). The lowest BCUT2D eigenvalue weighted by Gasteiger charge is -2.20. The van der Waals surface area contributed by atoms with E-state index in [-0.39, 0.29) is 5.69 Å². The highest BCUT2D eigenvalue weighted by atomic mass is 16.5. The van der Waals surface area contributed by atoms with Crippen LogP contribution in [-0.4, -0.2) is 46.3 Å². The molecule has 6 nitrogen and oxygen atoms in total. The summed E-state index contributed by atoms with van der Waals surface area (Å²) < 4.78 is 7.43. The normalized spacial score (nSPS) is 18.0. The summed E-state index contributed by atoms with van der Waals surface area (Å²) in [6, 6.07) is 9.97. The Hall–Kier alpha value is -2.34. The molecule has 2 aromatic rings. The molecule has 1 saturated heterocycles. The van der Waals surface area contributed by atoms with Crippen molar-refractivity contribution in [3.63, 3.8) is 0 Å². The molecule has 0 radical (unpaired) electrons. The highest BCUT2D eigenvalue weighted by Crippen LogP contribution is 2.18. The van der Waals surface area contributed by atoms with Gasteiger partial charge in [-0.25, -0.2) is 4.68 Å². The summed E-state index contributed by atoms with van der Waals surface area (Å²) in [5.41, 5.74) is 6.33. The van der Waals surface area contributed by atoms with Gasteiger partial charge in [-0.2, -0.15) is 5.10 Å². The number of carbonyl (C=O) groups excluding carboxylic acids is 1. The first-order chi connectivity index (χ1) is 11.6. The average Bonchev–Trinajstić information content (AvgIpc) is 3.22. The van der Waals surface area contributed by atoms with Gasteiger partial charge in [-0.3, -0.25) is 4.79 Å². The maximum Gasteiger partial charge on any atom is 0.269 e. The number of likely N-dealkylation sites (tertiary alicyclic amines) is 1. The third-order valence-corrected chi connectivity index (χ3v) is 4.49. The fraction of sp³-hybridized carbons (Fsp3) is 0.444. The van der Waals surface area contributed by atoms with Gasteiger partial charge in [0.05, 0.1) is 12.3 Å². The first-order valence-corrected chi connectivity index (χ1v) is 8.46. The smallest absolute Gasteiger partial charge is 0.269 e. The number of nitrogens with zero attached hydrogens (tertiary/aromatic N) is 3. The predicted octanol–water partition coefficient (Wildman–Crippen LogP) is 2.22. The summed E-state index contributed by atoms with van der Waals surface area (Å²) >= 11 is 0. The number of rotatable bonds is 7. The van der Waals surface area contributed by atoms with Gasteiger partial charge in [-0.05, 0) is 63.1 Å². The monoisotopic (exact) mass is 328 g/mol. The van der Waals surface area contributed by atoms with Gasteiger partial charge in [-0.15, -0.1) is 0 Å². The van der Waals surface area contributed by atoms with Crippen molar-refractivity contribution in [3.8, 4) is 11.4 Å². The zero-order valence-corrected chi connectivity index (χ0v) is 14.0. The number of nitrogens with two attached hydrogens (primary N) is 1. The van der Waals surface area contributed by atoms with Gasteiger partial charge >= 0.3 is 0 Å². The number of aromatic nitrogens is 2. The first kappa shape index (κ1) is 16.5. The third-order valence-electron chi connectivity index (χ3n) is 4.49. The van der Waals surface area contributed by atoms with Crippen molar-refractivity contribution in [3.05, 3.63) is 42.2 Å². The van der Waals surface area contributed by atoms with E-state index in [2.05, 4.69) is 16.9 Å². The number of primary amides is 1. The van der Waals surface area contributed by atoms with Crippen molar-refractivity contribution in [2.24, 2.45) is 5.73 Å². The van der Waals surface area contributed by atoms with E-state index in [1.807, 2.05) is 24.3 Å². The van der Waals surface area contributed by atoms with Crippen LogP contribution in [0.15, 0.2) is 36.5 Å². The van der Waals surface area contributed by atoms with Crippen LogP contribution in [-0.2, 0) is 0 Å². The van der Waals surface area contributed by atoms with Crippen molar-refractivity contribution >= 4 is 5.91 Å². The van der Waals surface area contributed by atoms with Crippen LogP contribution in [0, 0.1) is 0 Å². The molecule has 0 saturated carbocycles. The van der Waals surface area contributed by atoms with Crippen LogP contribution in [0.25, 0.3) is 5.69 Å². The molecule has 3 rings (SSSR count). The fourth-order valence-electron chi connectivity index (χ4n) is 3.08. The second kappa shape index (κ2) is 7.49. The largest absolute Gasteiger partial charge is 0.494 e. The van der Waals surface area contributed by atoms with Crippen LogP contribution in [0.4, 0.5) is 0 Å². The molecule has 2 heterocycles. The second-order valence-electron chi connectivity index (χ2n) is 6.23. The molecule has 24 heavy (non-hydrogen) atoms. The van der Waals surface area contributed by atoms with Crippen LogP contribution in [0.2, 0.25) is 0 Å². The topological polar surface area (TPSA) is 73.4 Å². The molecular weight excluding hydrogens is 304 g/mol. The summed E-state index contributed by atoms with van der Waals surface area (Å²) in [6.07, 6.45) is 5.38. The molecule has 0 spiro atoms. The van der Waals surface area contributed by atoms with Crippen LogP contribution >= 0.6 is 0 Å². The molecule has 0 aliphatic carbocycles. The van der Waals surface area contributed by atoms with E-state index in [0.29, 0.717) is 6.04 Å². The predicted molar refractivity (Wildman–Crippen MR) is 92.5 cm³/mol. The van der Waals surface area contributed by atoms with Gasteiger partial charge in [0, 0.05) is 18.8 Å². The number of hydrogen-bond donors (Lipinski definition) is 1. The van der Waals surface area contributed by atoms with E-state index < -0.39 is 5.91 Å². The minimum absolute atomic E-state index is 0.256. The van der Waals surface area contributed by atoms with Gasteiger partial charge < -0.3 is 15.4 Å². The molecule has 2 N–H and O–H groups in total. The SMILES string of the molecule is CC1CCCN1CCCOc1ccc(-n2ccc(C(N)=O)n2)cc1. The quantitative estimate of drug-likeness (QED) is 0.791. The van der Waals surface area contributed by atoms with Crippen molar-refractivity contribution in [1.82, 2.24) is 14.7 Å². The van der Waals surface area contributed by atoms with Crippen LogP contribution in [0.3, 0.4) is 0 Å². The zero-order valence-electron chi connectivity index (χ0n) is 14.0. The number of carbonyl (C=O) groups is 1. The Morgan fingerprint density at radius 3 is 2.75 bits per heavy atom. The van der Waals surface area contributed by atoms with E-state index in [9.17, 15) is 4.79 Å². The van der Waals surface area contributed by atoms with Gasteiger partial charge in [0.1, 0.15) is 11.4 Å². The first-order valence-electron chi connectivity index (χ1n) is 8.46. The summed E-state index contributed by atoms with van der Waals surface area (Å²) in [6.45, 7) is 5.33. The maximum atomic E-state index is 11.1. The molecule has 1 aromatic carbocycles. The number of benzene rings is 1. The Balaban J connectivity index is 1.48. The second-order valence-corrected chi connectivity index (χ2v) is 6.23. The highest BCUT2D eigenvalue weighted by molar-refractivity contribution is 5.90. The van der Waals surface area contributed by atoms with Crippen molar-refractivity contribution < 1.29 is 9.53 Å². The van der Waals surface area contributed by atoms with E-state index in [4.69, 9.17) is 10.5 Å². The van der Waals surface area contributed by atoms with Crippen molar-refractivity contribution in [2.45, 2.75) is 32.2 Å². The van der Waals surface area contributed by atoms with Crippen LogP contribution in [0.5, 0.6) is 5.75 Å². The minimum atomic E-state index is -0.527. The lowest BCUT2D eigenvalue weighted by molar-refractivity contribution is 0.0995. The van der Waals surface area contributed by atoms with Gasteiger partial charge in [0.15, 0.2) is 0 Å².